The second-order valence-corrected chi connectivity index (χ2v) is 4.88. The maximum absolute atomic E-state index is 6.16. The first kappa shape index (κ1) is 15.3. The average molecular weight is 308 g/mol. The number of aryl methyl sites for hydroxylation is 1. The molecule has 21 heavy (non-hydrogen) atoms. The Morgan fingerprint density at radius 1 is 1.19 bits per heavy atom. The van der Waals surface area contributed by atoms with Gasteiger partial charge >= 0.3 is 6.01 Å². The Bertz CT molecular complexity index is 620. The van der Waals surface area contributed by atoms with Crippen LogP contribution in [0.4, 0.5) is 17.6 Å². The first-order chi connectivity index (χ1) is 10.1. The molecule has 0 atom stereocenters. The lowest BCUT2D eigenvalue weighted by molar-refractivity contribution is 0.292. The van der Waals surface area contributed by atoms with E-state index in [1.807, 2.05) is 32.0 Å². The predicted octanol–water partition coefficient (Wildman–Crippen LogP) is 3.41. The van der Waals surface area contributed by atoms with Gasteiger partial charge in [-0.15, -0.1) is 0 Å². The third kappa shape index (κ3) is 4.19. The van der Waals surface area contributed by atoms with Gasteiger partial charge in [0.25, 0.3) is 0 Å². The molecule has 112 valence electrons. The molecule has 0 bridgehead atoms. The van der Waals surface area contributed by atoms with E-state index in [-0.39, 0.29) is 6.01 Å². The van der Waals surface area contributed by atoms with E-state index < -0.39 is 0 Å². The van der Waals surface area contributed by atoms with E-state index in [0.29, 0.717) is 23.5 Å². The lowest BCUT2D eigenvalue weighted by atomic mass is 10.2. The summed E-state index contributed by atoms with van der Waals surface area (Å²) in [6.07, 6.45) is 0.882. The zero-order chi connectivity index (χ0) is 15.2. The molecule has 0 aliphatic heterocycles. The predicted molar refractivity (Wildman–Crippen MR) is 84.6 cm³/mol. The summed E-state index contributed by atoms with van der Waals surface area (Å²) in [5, 5.41) is 6.57. The van der Waals surface area contributed by atoms with E-state index in [1.165, 1.54) is 0 Å². The normalized spacial score (nSPS) is 10.3. The van der Waals surface area contributed by atoms with Crippen LogP contribution < -0.4 is 15.4 Å². The van der Waals surface area contributed by atoms with E-state index >= 15 is 0 Å². The van der Waals surface area contributed by atoms with E-state index in [9.17, 15) is 0 Å². The highest BCUT2D eigenvalue weighted by Gasteiger charge is 2.09. The molecule has 7 heteroatoms. The lowest BCUT2D eigenvalue weighted by Gasteiger charge is -2.10. The summed E-state index contributed by atoms with van der Waals surface area (Å²) in [5.41, 5.74) is 1.83. The van der Waals surface area contributed by atoms with Crippen LogP contribution in [-0.2, 0) is 0 Å². The fraction of sp³-hybridized carbons (Fsp3) is 0.357. The average Bonchev–Trinajstić information content (AvgIpc) is 2.48. The number of ether oxygens (including phenoxy) is 1. The van der Waals surface area contributed by atoms with Gasteiger partial charge in [-0.25, -0.2) is 0 Å². The number of hydrogen-bond acceptors (Lipinski definition) is 6. The van der Waals surface area contributed by atoms with Crippen LogP contribution >= 0.6 is 11.6 Å². The SMILES string of the molecule is CCCOc1nc(NC)nc(Nc2cc(C)ccc2Cl)n1. The topological polar surface area (TPSA) is 72.0 Å². The van der Waals surface area contributed by atoms with Crippen molar-refractivity contribution in [3.63, 3.8) is 0 Å². The molecule has 0 unspecified atom stereocenters. The second-order valence-electron chi connectivity index (χ2n) is 4.47. The van der Waals surface area contributed by atoms with Gasteiger partial charge in [0.05, 0.1) is 17.3 Å². The van der Waals surface area contributed by atoms with Crippen molar-refractivity contribution in [2.24, 2.45) is 0 Å². The first-order valence-corrected chi connectivity index (χ1v) is 7.10. The van der Waals surface area contributed by atoms with Gasteiger partial charge in [0.1, 0.15) is 0 Å². The summed E-state index contributed by atoms with van der Waals surface area (Å²) in [4.78, 5) is 12.6. The quantitative estimate of drug-likeness (QED) is 0.852. The van der Waals surface area contributed by atoms with Gasteiger partial charge in [0.15, 0.2) is 0 Å². The Hall–Kier alpha value is -2.08. The van der Waals surface area contributed by atoms with Crippen LogP contribution in [0.1, 0.15) is 18.9 Å². The molecule has 0 spiro atoms. The van der Waals surface area contributed by atoms with Gasteiger partial charge in [-0.2, -0.15) is 15.0 Å². The van der Waals surface area contributed by atoms with E-state index in [0.717, 1.165) is 17.7 Å². The smallest absolute Gasteiger partial charge is 0.323 e. The van der Waals surface area contributed by atoms with Gasteiger partial charge in [0.2, 0.25) is 11.9 Å². The van der Waals surface area contributed by atoms with Gasteiger partial charge < -0.3 is 15.4 Å². The first-order valence-electron chi connectivity index (χ1n) is 6.72. The van der Waals surface area contributed by atoms with E-state index in [2.05, 4.69) is 25.6 Å². The van der Waals surface area contributed by atoms with Gasteiger partial charge in [-0.1, -0.05) is 24.6 Å². The number of nitrogens with zero attached hydrogens (tertiary/aromatic N) is 3. The maximum Gasteiger partial charge on any atom is 0.323 e. The minimum absolute atomic E-state index is 0.280. The molecule has 0 saturated carbocycles. The molecule has 1 heterocycles. The molecular weight excluding hydrogens is 290 g/mol. The zero-order valence-electron chi connectivity index (χ0n) is 12.3. The van der Waals surface area contributed by atoms with Crippen molar-refractivity contribution in [3.8, 4) is 6.01 Å². The largest absolute Gasteiger partial charge is 0.463 e. The van der Waals surface area contributed by atoms with Crippen molar-refractivity contribution in [3.05, 3.63) is 28.8 Å². The molecule has 0 saturated heterocycles. The molecule has 0 radical (unpaired) electrons. The Labute approximate surface area is 128 Å². The number of benzene rings is 1. The minimum atomic E-state index is 0.280. The summed E-state index contributed by atoms with van der Waals surface area (Å²) in [7, 11) is 1.74. The van der Waals surface area contributed by atoms with Crippen LogP contribution in [0.5, 0.6) is 6.01 Å². The third-order valence-corrected chi connectivity index (χ3v) is 2.97. The molecule has 6 nitrogen and oxygen atoms in total. The minimum Gasteiger partial charge on any atom is -0.463 e. The third-order valence-electron chi connectivity index (χ3n) is 2.64. The van der Waals surface area contributed by atoms with Crippen LogP contribution in [-0.4, -0.2) is 28.6 Å². The van der Waals surface area contributed by atoms with Crippen molar-refractivity contribution < 1.29 is 4.74 Å². The standard InChI is InChI=1S/C14H18ClN5O/c1-4-7-21-14-19-12(16-3)18-13(20-14)17-11-8-9(2)5-6-10(11)15/h5-6,8H,4,7H2,1-3H3,(H2,16,17,18,19,20). The molecule has 1 aromatic carbocycles. The number of halogens is 1. The second kappa shape index (κ2) is 7.08. The molecule has 2 rings (SSSR count). The zero-order valence-corrected chi connectivity index (χ0v) is 13.0. The molecule has 2 aromatic rings. The van der Waals surface area contributed by atoms with Crippen molar-refractivity contribution >= 4 is 29.2 Å². The van der Waals surface area contributed by atoms with Crippen LogP contribution in [0.2, 0.25) is 5.02 Å². The summed E-state index contributed by atoms with van der Waals surface area (Å²) >= 11 is 6.16. The van der Waals surface area contributed by atoms with Crippen molar-refractivity contribution in [1.82, 2.24) is 15.0 Å². The highest BCUT2D eigenvalue weighted by molar-refractivity contribution is 6.33. The molecule has 0 fully saturated rings. The molecule has 0 aliphatic rings. The maximum atomic E-state index is 6.16. The highest BCUT2D eigenvalue weighted by atomic mass is 35.5. The van der Waals surface area contributed by atoms with Crippen LogP contribution in [0.15, 0.2) is 18.2 Å². The fourth-order valence-corrected chi connectivity index (χ4v) is 1.80. The monoisotopic (exact) mass is 307 g/mol. The van der Waals surface area contributed by atoms with E-state index in [4.69, 9.17) is 16.3 Å². The number of aromatic nitrogens is 3. The Balaban J connectivity index is 2.27. The summed E-state index contributed by atoms with van der Waals surface area (Å²) in [5.74, 6) is 0.815. The number of rotatable bonds is 6. The molecule has 0 amide bonds. The Kier molecular flexibility index (Phi) is 5.16. The number of anilines is 3. The van der Waals surface area contributed by atoms with Gasteiger partial charge in [-0.3, -0.25) is 0 Å². The van der Waals surface area contributed by atoms with E-state index in [1.54, 1.807) is 7.05 Å². The molecule has 2 N–H and O–H groups in total. The van der Waals surface area contributed by atoms with Gasteiger partial charge in [0, 0.05) is 7.05 Å². The van der Waals surface area contributed by atoms with Gasteiger partial charge in [-0.05, 0) is 31.0 Å². The Morgan fingerprint density at radius 2 is 1.95 bits per heavy atom. The fourth-order valence-electron chi connectivity index (χ4n) is 1.64. The molecular formula is C14H18ClN5O. The molecule has 0 aliphatic carbocycles. The van der Waals surface area contributed by atoms with Crippen LogP contribution in [0.25, 0.3) is 0 Å². The van der Waals surface area contributed by atoms with Crippen LogP contribution in [0, 0.1) is 6.92 Å². The Morgan fingerprint density at radius 3 is 2.67 bits per heavy atom. The summed E-state index contributed by atoms with van der Waals surface area (Å²) in [6.45, 7) is 4.56. The number of nitrogens with one attached hydrogen (secondary N) is 2. The summed E-state index contributed by atoms with van der Waals surface area (Å²) in [6, 6.07) is 5.98. The molecule has 1 aromatic heterocycles. The van der Waals surface area contributed by atoms with Crippen molar-refractivity contribution in [2.45, 2.75) is 20.3 Å². The lowest BCUT2D eigenvalue weighted by Crippen LogP contribution is -2.07. The van der Waals surface area contributed by atoms with Crippen molar-refractivity contribution in [2.75, 3.05) is 24.3 Å². The summed E-state index contributed by atoms with van der Waals surface area (Å²) < 4.78 is 5.45. The van der Waals surface area contributed by atoms with Crippen LogP contribution in [0.3, 0.4) is 0 Å². The van der Waals surface area contributed by atoms with Crippen molar-refractivity contribution in [1.29, 1.82) is 0 Å². The number of hydrogen-bond donors (Lipinski definition) is 2. The highest BCUT2D eigenvalue weighted by Crippen LogP contribution is 2.25.